The third kappa shape index (κ3) is 7.55. The van der Waals surface area contributed by atoms with Gasteiger partial charge >= 0.3 is 12.1 Å². The first-order chi connectivity index (χ1) is 16.7. The number of unbranched alkanes of at least 4 members (excludes halogenated alkanes) is 2. The summed E-state index contributed by atoms with van der Waals surface area (Å²) >= 11 is 0. The highest BCUT2D eigenvalue weighted by Crippen LogP contribution is 2.44. The van der Waals surface area contributed by atoms with Gasteiger partial charge in [-0.15, -0.1) is 0 Å². The van der Waals surface area contributed by atoms with Gasteiger partial charge in [0, 0.05) is 12.3 Å². The van der Waals surface area contributed by atoms with Crippen LogP contribution in [0.5, 0.6) is 0 Å². The molecule has 2 aromatic rings. The Balaban J connectivity index is 1.43. The van der Waals surface area contributed by atoms with E-state index in [9.17, 15) is 19.5 Å². The highest BCUT2D eigenvalue weighted by atomic mass is 16.7. The van der Waals surface area contributed by atoms with Crippen molar-refractivity contribution in [1.82, 2.24) is 10.8 Å². The number of benzene rings is 2. The second-order valence-corrected chi connectivity index (χ2v) is 9.70. The molecule has 8 heteroatoms. The summed E-state index contributed by atoms with van der Waals surface area (Å²) in [6.45, 7) is 5.63. The number of rotatable bonds is 11. The van der Waals surface area contributed by atoms with Crippen molar-refractivity contribution in [2.75, 3.05) is 6.61 Å². The van der Waals surface area contributed by atoms with E-state index in [0.29, 0.717) is 19.3 Å². The van der Waals surface area contributed by atoms with Gasteiger partial charge in [0.15, 0.2) is 0 Å². The first-order valence-electron chi connectivity index (χ1n) is 12.0. The van der Waals surface area contributed by atoms with Gasteiger partial charge in [-0.25, -0.2) is 15.1 Å². The van der Waals surface area contributed by atoms with Gasteiger partial charge in [0.25, 0.3) is 0 Å². The van der Waals surface area contributed by atoms with E-state index in [-0.39, 0.29) is 31.3 Å². The van der Waals surface area contributed by atoms with E-state index in [1.807, 2.05) is 57.2 Å². The number of aliphatic carboxylic acids is 1. The Labute approximate surface area is 206 Å². The van der Waals surface area contributed by atoms with Crippen LogP contribution in [0.15, 0.2) is 48.5 Å². The largest absolute Gasteiger partial charge is 0.480 e. The lowest BCUT2D eigenvalue weighted by Gasteiger charge is -2.19. The molecule has 0 aliphatic heterocycles. The summed E-state index contributed by atoms with van der Waals surface area (Å²) in [4.78, 5) is 41.0. The Morgan fingerprint density at radius 3 is 2.11 bits per heavy atom. The van der Waals surface area contributed by atoms with Crippen molar-refractivity contribution >= 4 is 18.0 Å². The number of hydrogen-bond donors (Lipinski definition) is 3. The number of alkyl carbamates (subject to hydrolysis) is 1. The summed E-state index contributed by atoms with van der Waals surface area (Å²) in [5.74, 6) is -1.42. The fourth-order valence-corrected chi connectivity index (χ4v) is 4.11. The number of carbonyl (C=O) groups excluding carboxylic acids is 2. The van der Waals surface area contributed by atoms with Gasteiger partial charge in [0.05, 0.1) is 5.60 Å². The first-order valence-corrected chi connectivity index (χ1v) is 12.0. The molecule has 1 unspecified atom stereocenters. The van der Waals surface area contributed by atoms with Gasteiger partial charge in [-0.3, -0.25) is 9.63 Å². The Bertz CT molecular complexity index is 1000. The van der Waals surface area contributed by atoms with Crippen LogP contribution in [0, 0.1) is 0 Å². The predicted octanol–water partition coefficient (Wildman–Crippen LogP) is 4.78. The van der Waals surface area contributed by atoms with E-state index in [1.165, 1.54) is 0 Å². The molecule has 0 saturated carbocycles. The molecule has 0 spiro atoms. The molecule has 2 amide bonds. The predicted molar refractivity (Wildman–Crippen MR) is 132 cm³/mol. The van der Waals surface area contributed by atoms with Crippen molar-refractivity contribution in [1.29, 1.82) is 0 Å². The number of carboxylic acids is 1. The Kier molecular flexibility index (Phi) is 8.87. The van der Waals surface area contributed by atoms with Gasteiger partial charge in [-0.05, 0) is 55.9 Å². The van der Waals surface area contributed by atoms with Crippen LogP contribution in [0.3, 0.4) is 0 Å². The molecule has 0 bridgehead atoms. The van der Waals surface area contributed by atoms with Crippen molar-refractivity contribution in [2.24, 2.45) is 0 Å². The molecule has 3 N–H and O–H groups in total. The standard InChI is InChI=1S/C27H34N2O6/c1-27(2,3)35-29-24(30)16-6-4-5-15-23(25(31)32)28-26(33)34-17-22-20-13-9-7-11-18(20)19-12-8-10-14-21(19)22/h7-14,22-23H,4-6,15-17H2,1-3H3,(H,28,33)(H,29,30)(H,31,32). The number of carbonyl (C=O) groups is 3. The molecule has 3 rings (SSSR count). The van der Waals surface area contributed by atoms with Crippen molar-refractivity contribution in [3.63, 3.8) is 0 Å². The summed E-state index contributed by atoms with van der Waals surface area (Å²) < 4.78 is 5.45. The quantitative estimate of drug-likeness (QED) is 0.314. The van der Waals surface area contributed by atoms with Crippen LogP contribution in [0.2, 0.25) is 0 Å². The second-order valence-electron chi connectivity index (χ2n) is 9.70. The highest BCUT2D eigenvalue weighted by molar-refractivity contribution is 5.81. The zero-order valence-electron chi connectivity index (χ0n) is 20.5. The minimum Gasteiger partial charge on any atom is -0.480 e. The van der Waals surface area contributed by atoms with Crippen molar-refractivity contribution < 1.29 is 29.1 Å². The van der Waals surface area contributed by atoms with E-state index < -0.39 is 23.7 Å². The molecule has 1 aliphatic rings. The molecule has 0 fully saturated rings. The number of nitrogens with one attached hydrogen (secondary N) is 2. The summed E-state index contributed by atoms with van der Waals surface area (Å²) in [5.41, 5.74) is 6.38. The first kappa shape index (κ1) is 26.2. The van der Waals surface area contributed by atoms with Crippen LogP contribution < -0.4 is 10.8 Å². The SMILES string of the molecule is CC(C)(C)ONC(=O)CCCCCC(NC(=O)OCC1c2ccccc2-c2ccccc21)C(=O)O. The second kappa shape index (κ2) is 11.8. The summed E-state index contributed by atoms with van der Waals surface area (Å²) in [6.07, 6.45) is 1.58. The van der Waals surface area contributed by atoms with E-state index in [1.54, 1.807) is 0 Å². The molecule has 0 heterocycles. The topological polar surface area (TPSA) is 114 Å². The Morgan fingerprint density at radius 2 is 1.54 bits per heavy atom. The van der Waals surface area contributed by atoms with Gasteiger partial charge in [-0.2, -0.15) is 0 Å². The smallest absolute Gasteiger partial charge is 0.407 e. The normalized spacial score (nSPS) is 13.5. The summed E-state index contributed by atoms with van der Waals surface area (Å²) in [7, 11) is 0. The molecular weight excluding hydrogens is 448 g/mol. The molecule has 1 aliphatic carbocycles. The molecule has 2 aromatic carbocycles. The van der Waals surface area contributed by atoms with Crippen molar-refractivity contribution in [3.05, 3.63) is 59.7 Å². The van der Waals surface area contributed by atoms with Crippen molar-refractivity contribution in [3.8, 4) is 11.1 Å². The number of amides is 2. The fraction of sp³-hybridized carbons (Fsp3) is 0.444. The van der Waals surface area contributed by atoms with E-state index in [0.717, 1.165) is 22.3 Å². The number of fused-ring (bicyclic) bond motifs is 3. The third-order valence-electron chi connectivity index (χ3n) is 5.80. The molecule has 1 atom stereocenters. The average Bonchev–Trinajstić information content (AvgIpc) is 3.13. The maximum atomic E-state index is 12.4. The molecule has 0 aromatic heterocycles. The van der Waals surface area contributed by atoms with Crippen molar-refractivity contribution in [2.45, 2.75) is 70.4 Å². The summed E-state index contributed by atoms with van der Waals surface area (Å²) in [5, 5.41) is 12.0. The third-order valence-corrected chi connectivity index (χ3v) is 5.80. The maximum absolute atomic E-state index is 12.4. The minimum absolute atomic E-state index is 0.0927. The zero-order valence-corrected chi connectivity index (χ0v) is 20.5. The van der Waals surface area contributed by atoms with E-state index >= 15 is 0 Å². The number of ether oxygens (including phenoxy) is 1. The van der Waals surface area contributed by atoms with Gasteiger partial charge in [0.2, 0.25) is 5.91 Å². The minimum atomic E-state index is -1.12. The lowest BCUT2D eigenvalue weighted by molar-refractivity contribution is -0.145. The molecule has 0 radical (unpaired) electrons. The van der Waals surface area contributed by atoms with Crippen LogP contribution in [0.1, 0.15) is 69.9 Å². The Hall–Kier alpha value is -3.39. The number of hydrogen-bond acceptors (Lipinski definition) is 5. The maximum Gasteiger partial charge on any atom is 0.407 e. The summed E-state index contributed by atoms with van der Waals surface area (Å²) in [6, 6.07) is 15.0. The van der Waals surface area contributed by atoms with E-state index in [2.05, 4.69) is 22.9 Å². The lowest BCUT2D eigenvalue weighted by Crippen LogP contribution is -2.41. The van der Waals surface area contributed by atoms with E-state index in [4.69, 9.17) is 9.57 Å². The van der Waals surface area contributed by atoms with Crippen LogP contribution in [-0.2, 0) is 19.2 Å². The molecular formula is C27H34N2O6. The molecule has 188 valence electrons. The van der Waals surface area contributed by atoms with Gasteiger partial charge in [0.1, 0.15) is 12.6 Å². The van der Waals surface area contributed by atoms with Crippen LogP contribution >= 0.6 is 0 Å². The average molecular weight is 483 g/mol. The highest BCUT2D eigenvalue weighted by Gasteiger charge is 2.29. The fourth-order valence-electron chi connectivity index (χ4n) is 4.11. The number of hydroxylamine groups is 1. The Morgan fingerprint density at radius 1 is 0.943 bits per heavy atom. The molecule has 8 nitrogen and oxygen atoms in total. The van der Waals surface area contributed by atoms with Crippen LogP contribution in [0.4, 0.5) is 4.79 Å². The van der Waals surface area contributed by atoms with Gasteiger partial charge < -0.3 is 15.2 Å². The number of carboxylic acid groups (broad SMARTS) is 1. The van der Waals surface area contributed by atoms with Crippen LogP contribution in [-0.4, -0.2) is 41.3 Å². The zero-order chi connectivity index (χ0) is 25.4. The van der Waals surface area contributed by atoms with Gasteiger partial charge in [-0.1, -0.05) is 61.4 Å². The lowest BCUT2D eigenvalue weighted by atomic mass is 9.98. The monoisotopic (exact) mass is 482 g/mol. The molecule has 0 saturated heterocycles. The van der Waals surface area contributed by atoms with Crippen LogP contribution in [0.25, 0.3) is 11.1 Å². The molecule has 35 heavy (non-hydrogen) atoms.